The number of hydrogen-bond donors (Lipinski definition) is 2. The normalized spacial score (nSPS) is 22.0. The first-order valence-corrected chi connectivity index (χ1v) is 10.7. The summed E-state index contributed by atoms with van der Waals surface area (Å²) >= 11 is 0. The molecule has 3 atom stereocenters. The molecule has 0 saturated heterocycles. The third kappa shape index (κ3) is 4.30. The van der Waals surface area contributed by atoms with Gasteiger partial charge in [0, 0.05) is 12.0 Å². The number of hydrogen-bond acceptors (Lipinski definition) is 2. The molecule has 0 aromatic heterocycles. The van der Waals surface area contributed by atoms with Crippen molar-refractivity contribution in [3.63, 3.8) is 0 Å². The minimum absolute atomic E-state index is 0.131. The molecule has 3 aromatic carbocycles. The fourth-order valence-corrected chi connectivity index (χ4v) is 4.52. The summed E-state index contributed by atoms with van der Waals surface area (Å²) in [6.45, 7) is 2.23. The van der Waals surface area contributed by atoms with Crippen molar-refractivity contribution in [2.24, 2.45) is 11.5 Å². The molecule has 1 aliphatic carbocycles. The molecule has 0 spiro atoms. The molecule has 1 aliphatic rings. The summed E-state index contributed by atoms with van der Waals surface area (Å²) < 4.78 is 0. The van der Waals surface area contributed by atoms with Gasteiger partial charge in [-0.2, -0.15) is 0 Å². The Hall–Kier alpha value is -2.94. The van der Waals surface area contributed by atoms with Crippen LogP contribution in [0.1, 0.15) is 41.9 Å². The van der Waals surface area contributed by atoms with E-state index in [4.69, 9.17) is 11.5 Å². The Labute approximate surface area is 179 Å². The topological polar surface area (TPSA) is 52.0 Å². The van der Waals surface area contributed by atoms with Crippen molar-refractivity contribution in [3.05, 3.63) is 131 Å². The zero-order chi connectivity index (χ0) is 21.0. The minimum atomic E-state index is -0.596. The van der Waals surface area contributed by atoms with Gasteiger partial charge in [-0.15, -0.1) is 0 Å². The minimum Gasteiger partial charge on any atom is -0.323 e. The van der Waals surface area contributed by atoms with Crippen LogP contribution >= 0.6 is 0 Å². The van der Waals surface area contributed by atoms with Gasteiger partial charge in [0.25, 0.3) is 0 Å². The standard InChI is InChI=1S/C28H30N2/c1-21(22-11-5-2-6-12-22)19-28(30)20-25(17-18-26(28)29)27(23-13-7-3-8-14-23)24-15-9-4-10-16-24/h2-18,20-21,26-27H,19,29-30H2,1H3/t21?,26?,28-/m0/s1. The van der Waals surface area contributed by atoms with E-state index in [1.54, 1.807) is 0 Å². The van der Waals surface area contributed by atoms with E-state index in [-0.39, 0.29) is 12.0 Å². The molecule has 4 N–H and O–H groups in total. The largest absolute Gasteiger partial charge is 0.323 e. The first-order valence-electron chi connectivity index (χ1n) is 10.7. The molecule has 0 amide bonds. The molecule has 0 radical (unpaired) electrons. The molecule has 0 heterocycles. The molecule has 2 unspecified atom stereocenters. The molecule has 3 aromatic rings. The second-order valence-corrected chi connectivity index (χ2v) is 8.41. The van der Waals surface area contributed by atoms with Crippen LogP contribution in [0.2, 0.25) is 0 Å². The molecule has 30 heavy (non-hydrogen) atoms. The maximum absolute atomic E-state index is 6.97. The van der Waals surface area contributed by atoms with E-state index < -0.39 is 5.54 Å². The number of allylic oxidation sites excluding steroid dienone is 2. The lowest BCUT2D eigenvalue weighted by Gasteiger charge is -2.38. The van der Waals surface area contributed by atoms with Crippen molar-refractivity contribution in [1.82, 2.24) is 0 Å². The predicted molar refractivity (Wildman–Crippen MR) is 126 cm³/mol. The SMILES string of the molecule is CC(C[C@]1(N)C=C(C(c2ccccc2)c2ccccc2)C=CC1N)c1ccccc1. The van der Waals surface area contributed by atoms with Crippen molar-refractivity contribution in [3.8, 4) is 0 Å². The van der Waals surface area contributed by atoms with Crippen molar-refractivity contribution in [2.75, 3.05) is 0 Å². The molecule has 0 saturated carbocycles. The summed E-state index contributed by atoms with van der Waals surface area (Å²) in [4.78, 5) is 0. The first kappa shape index (κ1) is 20.3. The highest BCUT2D eigenvalue weighted by Gasteiger charge is 2.35. The lowest BCUT2D eigenvalue weighted by atomic mass is 9.73. The van der Waals surface area contributed by atoms with E-state index in [0.717, 1.165) is 6.42 Å². The van der Waals surface area contributed by atoms with Gasteiger partial charge in [-0.05, 0) is 34.6 Å². The van der Waals surface area contributed by atoms with Crippen molar-refractivity contribution in [1.29, 1.82) is 0 Å². The van der Waals surface area contributed by atoms with Crippen LogP contribution in [0.25, 0.3) is 0 Å². The van der Waals surface area contributed by atoms with Gasteiger partial charge in [0.2, 0.25) is 0 Å². The molecule has 0 bridgehead atoms. The fraction of sp³-hybridized carbons (Fsp3) is 0.214. The Morgan fingerprint density at radius 2 is 1.23 bits per heavy atom. The lowest BCUT2D eigenvalue weighted by Crippen LogP contribution is -2.55. The van der Waals surface area contributed by atoms with E-state index in [9.17, 15) is 0 Å². The Bertz CT molecular complexity index is 969. The highest BCUT2D eigenvalue weighted by molar-refractivity contribution is 5.49. The first-order chi connectivity index (χ1) is 14.6. The average molecular weight is 395 g/mol. The van der Waals surface area contributed by atoms with Gasteiger partial charge in [0.1, 0.15) is 0 Å². The highest BCUT2D eigenvalue weighted by atomic mass is 14.8. The van der Waals surface area contributed by atoms with Crippen LogP contribution < -0.4 is 11.5 Å². The van der Waals surface area contributed by atoms with Gasteiger partial charge in [-0.3, -0.25) is 0 Å². The maximum Gasteiger partial charge on any atom is 0.0541 e. The Kier molecular flexibility index (Phi) is 5.98. The van der Waals surface area contributed by atoms with Gasteiger partial charge in [-0.25, -0.2) is 0 Å². The zero-order valence-corrected chi connectivity index (χ0v) is 17.5. The molecular weight excluding hydrogens is 364 g/mol. The van der Waals surface area contributed by atoms with Crippen LogP contribution in [0.5, 0.6) is 0 Å². The molecule has 0 aliphatic heterocycles. The van der Waals surface area contributed by atoms with Gasteiger partial charge >= 0.3 is 0 Å². The number of benzene rings is 3. The summed E-state index contributed by atoms with van der Waals surface area (Å²) in [5, 5.41) is 0. The third-order valence-electron chi connectivity index (χ3n) is 6.18. The average Bonchev–Trinajstić information content (AvgIpc) is 2.78. The van der Waals surface area contributed by atoms with Gasteiger partial charge in [0.15, 0.2) is 0 Å². The number of nitrogens with two attached hydrogens (primary N) is 2. The zero-order valence-electron chi connectivity index (χ0n) is 17.5. The van der Waals surface area contributed by atoms with Crippen LogP contribution in [0.15, 0.2) is 115 Å². The second kappa shape index (κ2) is 8.83. The van der Waals surface area contributed by atoms with Crippen LogP contribution in [-0.2, 0) is 0 Å². The van der Waals surface area contributed by atoms with E-state index in [2.05, 4.69) is 110 Å². The summed E-state index contributed by atoms with van der Waals surface area (Å²) in [5.74, 6) is 0.448. The quantitative estimate of drug-likeness (QED) is 0.577. The summed E-state index contributed by atoms with van der Waals surface area (Å²) in [6, 6.07) is 31.6. The summed E-state index contributed by atoms with van der Waals surface area (Å²) in [6.07, 6.45) is 7.25. The summed E-state index contributed by atoms with van der Waals surface area (Å²) in [5.41, 5.74) is 17.9. The molecule has 4 rings (SSSR count). The van der Waals surface area contributed by atoms with Crippen molar-refractivity contribution in [2.45, 2.75) is 36.8 Å². The highest BCUT2D eigenvalue weighted by Crippen LogP contribution is 2.38. The predicted octanol–water partition coefficient (Wildman–Crippen LogP) is 5.53. The lowest BCUT2D eigenvalue weighted by molar-refractivity contribution is 0.402. The van der Waals surface area contributed by atoms with Gasteiger partial charge in [0.05, 0.1) is 5.54 Å². The van der Waals surface area contributed by atoms with E-state index in [0.29, 0.717) is 5.92 Å². The smallest absolute Gasteiger partial charge is 0.0541 e. The van der Waals surface area contributed by atoms with Crippen LogP contribution in [-0.4, -0.2) is 11.6 Å². The van der Waals surface area contributed by atoms with Gasteiger partial charge in [-0.1, -0.05) is 116 Å². The number of rotatable bonds is 6. The maximum atomic E-state index is 6.97. The molecule has 2 heteroatoms. The van der Waals surface area contributed by atoms with Crippen molar-refractivity contribution >= 4 is 0 Å². The molecule has 152 valence electrons. The van der Waals surface area contributed by atoms with E-state index in [1.807, 2.05) is 6.07 Å². The Balaban J connectivity index is 1.71. The summed E-state index contributed by atoms with van der Waals surface area (Å²) in [7, 11) is 0. The molecule has 0 fully saturated rings. The van der Waals surface area contributed by atoms with E-state index >= 15 is 0 Å². The second-order valence-electron chi connectivity index (χ2n) is 8.41. The molecular formula is C28H30N2. The monoisotopic (exact) mass is 394 g/mol. The fourth-order valence-electron chi connectivity index (χ4n) is 4.52. The Morgan fingerprint density at radius 3 is 1.73 bits per heavy atom. The Morgan fingerprint density at radius 1 is 0.767 bits per heavy atom. The van der Waals surface area contributed by atoms with Crippen LogP contribution in [0, 0.1) is 0 Å². The van der Waals surface area contributed by atoms with Crippen molar-refractivity contribution < 1.29 is 0 Å². The van der Waals surface area contributed by atoms with Gasteiger partial charge < -0.3 is 11.5 Å². The van der Waals surface area contributed by atoms with Crippen LogP contribution in [0.3, 0.4) is 0 Å². The van der Waals surface area contributed by atoms with Crippen LogP contribution in [0.4, 0.5) is 0 Å². The third-order valence-corrected chi connectivity index (χ3v) is 6.18. The molecule has 2 nitrogen and oxygen atoms in total. The van der Waals surface area contributed by atoms with E-state index in [1.165, 1.54) is 22.3 Å².